The summed E-state index contributed by atoms with van der Waals surface area (Å²) in [5.74, 6) is 0.658. The van der Waals surface area contributed by atoms with Crippen LogP contribution >= 0.6 is 11.6 Å². The van der Waals surface area contributed by atoms with Crippen molar-refractivity contribution in [3.05, 3.63) is 64.7 Å². The van der Waals surface area contributed by atoms with E-state index in [1.807, 2.05) is 36.4 Å². The molecule has 0 unspecified atom stereocenters. The lowest BCUT2D eigenvalue weighted by Crippen LogP contribution is -2.37. The summed E-state index contributed by atoms with van der Waals surface area (Å²) in [4.78, 5) is 25.6. The third-order valence-corrected chi connectivity index (χ3v) is 4.21. The number of methoxy groups -OCH3 is 1. The third kappa shape index (κ3) is 6.41. The van der Waals surface area contributed by atoms with Gasteiger partial charge in [-0.25, -0.2) is 0 Å². The molecule has 0 aromatic heterocycles. The molecule has 0 radical (unpaired) electrons. The number of benzene rings is 2. The van der Waals surface area contributed by atoms with E-state index in [1.165, 1.54) is 6.92 Å². The molecule has 0 heterocycles. The van der Waals surface area contributed by atoms with Crippen molar-refractivity contribution in [1.29, 1.82) is 0 Å². The minimum absolute atomic E-state index is 0.0345. The van der Waals surface area contributed by atoms with Gasteiger partial charge >= 0.3 is 0 Å². The maximum Gasteiger partial charge on any atom is 0.224 e. The summed E-state index contributed by atoms with van der Waals surface area (Å²) in [7, 11) is 1.61. The maximum atomic E-state index is 12.0. The summed E-state index contributed by atoms with van der Waals surface area (Å²) in [6.07, 6.45) is 0.287. The lowest BCUT2D eigenvalue weighted by atomic mass is 10.1. The molecule has 0 atom stereocenters. The quantitative estimate of drug-likeness (QED) is 0.772. The summed E-state index contributed by atoms with van der Waals surface area (Å²) in [6, 6.07) is 14.7. The predicted octanol–water partition coefficient (Wildman–Crippen LogP) is 3.06. The molecule has 6 heteroatoms. The van der Waals surface area contributed by atoms with Crippen LogP contribution < -0.4 is 10.1 Å². The molecule has 26 heavy (non-hydrogen) atoms. The molecular weight excluding hydrogens is 352 g/mol. The van der Waals surface area contributed by atoms with Crippen LogP contribution in [0.4, 0.5) is 0 Å². The first-order valence-electron chi connectivity index (χ1n) is 8.37. The molecule has 2 aromatic rings. The van der Waals surface area contributed by atoms with Gasteiger partial charge in [-0.05, 0) is 35.4 Å². The van der Waals surface area contributed by atoms with E-state index in [9.17, 15) is 9.59 Å². The molecule has 0 saturated heterocycles. The van der Waals surface area contributed by atoms with Crippen LogP contribution in [0.25, 0.3) is 0 Å². The topological polar surface area (TPSA) is 58.6 Å². The fourth-order valence-corrected chi connectivity index (χ4v) is 2.61. The van der Waals surface area contributed by atoms with E-state index in [0.717, 1.165) is 16.9 Å². The summed E-state index contributed by atoms with van der Waals surface area (Å²) >= 11 is 5.83. The second-order valence-electron chi connectivity index (χ2n) is 5.94. The molecule has 0 aliphatic rings. The van der Waals surface area contributed by atoms with Gasteiger partial charge in [-0.2, -0.15) is 0 Å². The van der Waals surface area contributed by atoms with Gasteiger partial charge in [0.05, 0.1) is 13.5 Å². The van der Waals surface area contributed by atoms with Crippen LogP contribution in [0.15, 0.2) is 48.5 Å². The van der Waals surface area contributed by atoms with Gasteiger partial charge in [0, 0.05) is 31.6 Å². The van der Waals surface area contributed by atoms with Gasteiger partial charge < -0.3 is 15.0 Å². The Morgan fingerprint density at radius 3 is 2.23 bits per heavy atom. The van der Waals surface area contributed by atoms with Gasteiger partial charge in [0.2, 0.25) is 11.8 Å². The summed E-state index contributed by atoms with van der Waals surface area (Å²) in [5.41, 5.74) is 1.90. The van der Waals surface area contributed by atoms with Crippen LogP contribution in [0.2, 0.25) is 5.02 Å². The molecule has 0 aliphatic carbocycles. The van der Waals surface area contributed by atoms with E-state index >= 15 is 0 Å². The molecule has 0 spiro atoms. The highest BCUT2D eigenvalue weighted by Gasteiger charge is 2.10. The lowest BCUT2D eigenvalue weighted by molar-refractivity contribution is -0.130. The smallest absolute Gasteiger partial charge is 0.224 e. The Hall–Kier alpha value is -2.53. The monoisotopic (exact) mass is 374 g/mol. The molecule has 0 aliphatic heterocycles. The number of rotatable bonds is 8. The minimum atomic E-state index is -0.0831. The Kier molecular flexibility index (Phi) is 7.48. The van der Waals surface area contributed by atoms with Crippen LogP contribution in [0.3, 0.4) is 0 Å². The van der Waals surface area contributed by atoms with Crippen LogP contribution in [-0.4, -0.2) is 36.9 Å². The fourth-order valence-electron chi connectivity index (χ4n) is 2.48. The summed E-state index contributed by atoms with van der Waals surface area (Å²) in [6.45, 7) is 2.88. The molecule has 2 aromatic carbocycles. The van der Waals surface area contributed by atoms with Crippen LogP contribution in [0.1, 0.15) is 18.1 Å². The Balaban J connectivity index is 1.81. The zero-order valence-electron chi connectivity index (χ0n) is 15.0. The first-order chi connectivity index (χ1) is 12.5. The Morgan fingerprint density at radius 1 is 1.04 bits per heavy atom. The van der Waals surface area contributed by atoms with Crippen molar-refractivity contribution in [1.82, 2.24) is 10.2 Å². The Labute approximate surface area is 158 Å². The standard InChI is InChI=1S/C20H23ClN2O3/c1-15(24)23(14-17-5-9-19(26-2)10-6-17)12-11-22-20(25)13-16-3-7-18(21)8-4-16/h3-10H,11-14H2,1-2H3,(H,22,25). The van der Waals surface area contributed by atoms with Crippen molar-refractivity contribution in [2.24, 2.45) is 0 Å². The molecular formula is C20H23ClN2O3. The molecule has 5 nitrogen and oxygen atoms in total. The van der Waals surface area contributed by atoms with E-state index in [-0.39, 0.29) is 18.2 Å². The van der Waals surface area contributed by atoms with Gasteiger partial charge in [0.1, 0.15) is 5.75 Å². The highest BCUT2D eigenvalue weighted by molar-refractivity contribution is 6.30. The number of carbonyl (C=O) groups is 2. The van der Waals surface area contributed by atoms with Crippen molar-refractivity contribution < 1.29 is 14.3 Å². The van der Waals surface area contributed by atoms with E-state index < -0.39 is 0 Å². The fraction of sp³-hybridized carbons (Fsp3) is 0.300. The number of ether oxygens (including phenoxy) is 1. The van der Waals surface area contributed by atoms with Crippen LogP contribution in [-0.2, 0) is 22.6 Å². The van der Waals surface area contributed by atoms with Gasteiger partial charge in [0.25, 0.3) is 0 Å². The van der Waals surface area contributed by atoms with E-state index in [2.05, 4.69) is 5.32 Å². The first kappa shape index (κ1) is 19.8. The molecule has 0 bridgehead atoms. The zero-order chi connectivity index (χ0) is 18.9. The molecule has 0 fully saturated rings. The molecule has 2 rings (SSSR count). The number of halogens is 1. The largest absolute Gasteiger partial charge is 0.497 e. The number of nitrogens with one attached hydrogen (secondary N) is 1. The average molecular weight is 375 g/mol. The Morgan fingerprint density at radius 2 is 1.65 bits per heavy atom. The molecule has 2 amide bonds. The van der Waals surface area contributed by atoms with Gasteiger partial charge in [-0.3, -0.25) is 9.59 Å². The van der Waals surface area contributed by atoms with Gasteiger partial charge in [0.15, 0.2) is 0 Å². The molecule has 0 saturated carbocycles. The van der Waals surface area contributed by atoms with Crippen molar-refractivity contribution in [2.45, 2.75) is 19.9 Å². The lowest BCUT2D eigenvalue weighted by Gasteiger charge is -2.21. The number of hydrogen-bond acceptors (Lipinski definition) is 3. The second kappa shape index (κ2) is 9.82. The number of nitrogens with zero attached hydrogens (tertiary/aromatic N) is 1. The SMILES string of the molecule is COc1ccc(CN(CCNC(=O)Cc2ccc(Cl)cc2)C(C)=O)cc1. The Bertz CT molecular complexity index is 730. The summed E-state index contributed by atoms with van der Waals surface area (Å²) in [5, 5.41) is 3.49. The average Bonchev–Trinajstić information content (AvgIpc) is 2.63. The van der Waals surface area contributed by atoms with E-state index in [0.29, 0.717) is 24.7 Å². The van der Waals surface area contributed by atoms with E-state index in [4.69, 9.17) is 16.3 Å². The van der Waals surface area contributed by atoms with Crippen molar-refractivity contribution in [3.63, 3.8) is 0 Å². The number of amides is 2. The third-order valence-electron chi connectivity index (χ3n) is 3.96. The highest BCUT2D eigenvalue weighted by atomic mass is 35.5. The minimum Gasteiger partial charge on any atom is -0.497 e. The summed E-state index contributed by atoms with van der Waals surface area (Å²) < 4.78 is 5.13. The second-order valence-corrected chi connectivity index (χ2v) is 6.38. The normalized spacial score (nSPS) is 10.3. The first-order valence-corrected chi connectivity index (χ1v) is 8.75. The molecule has 1 N–H and O–H groups in total. The van der Waals surface area contributed by atoms with Crippen molar-refractivity contribution in [2.75, 3.05) is 20.2 Å². The highest BCUT2D eigenvalue weighted by Crippen LogP contribution is 2.13. The van der Waals surface area contributed by atoms with Crippen LogP contribution in [0, 0.1) is 0 Å². The van der Waals surface area contributed by atoms with E-state index in [1.54, 1.807) is 24.1 Å². The van der Waals surface area contributed by atoms with Crippen molar-refractivity contribution in [3.8, 4) is 5.75 Å². The predicted molar refractivity (Wildman–Crippen MR) is 102 cm³/mol. The maximum absolute atomic E-state index is 12.0. The van der Waals surface area contributed by atoms with Gasteiger partial charge in [-0.15, -0.1) is 0 Å². The zero-order valence-corrected chi connectivity index (χ0v) is 15.8. The number of carbonyl (C=O) groups excluding carboxylic acids is 2. The molecule has 138 valence electrons. The van der Waals surface area contributed by atoms with Gasteiger partial charge in [-0.1, -0.05) is 35.9 Å². The van der Waals surface area contributed by atoms with Crippen LogP contribution in [0.5, 0.6) is 5.75 Å². The van der Waals surface area contributed by atoms with Crippen molar-refractivity contribution >= 4 is 23.4 Å². The number of hydrogen-bond donors (Lipinski definition) is 1.